The van der Waals surface area contributed by atoms with Crippen LogP contribution in [0.3, 0.4) is 0 Å². The molecule has 1 aliphatic heterocycles. The largest absolute Gasteiger partial charge is 0.378 e. The Hall–Kier alpha value is -0.770. The monoisotopic (exact) mass is 226 g/mol. The first kappa shape index (κ1) is 11.7. The van der Waals surface area contributed by atoms with Crippen molar-refractivity contribution in [2.24, 2.45) is 5.92 Å². The fourth-order valence-corrected chi connectivity index (χ4v) is 2.02. The van der Waals surface area contributed by atoms with Gasteiger partial charge in [-0.15, -0.1) is 0 Å². The zero-order valence-electron chi connectivity index (χ0n) is 10.3. The van der Waals surface area contributed by atoms with Gasteiger partial charge in [0.15, 0.2) is 0 Å². The first-order chi connectivity index (χ1) is 7.68. The maximum atomic E-state index is 12.3. The highest BCUT2D eigenvalue weighted by Crippen LogP contribution is 2.30. The quantitative estimate of drug-likeness (QED) is 0.731. The smallest absolute Gasteiger partial charge is 0.320 e. The lowest BCUT2D eigenvalue weighted by Crippen LogP contribution is -2.50. The average Bonchev–Trinajstić information content (AvgIpc) is 3.09. The van der Waals surface area contributed by atoms with Crippen molar-refractivity contribution in [2.75, 3.05) is 32.8 Å². The molecule has 0 atom stereocenters. The minimum Gasteiger partial charge on any atom is -0.378 e. The number of ether oxygens (including phenoxy) is 1. The molecule has 92 valence electrons. The molecular formula is C12H22N2O2. The molecular weight excluding hydrogens is 204 g/mol. The zero-order valence-corrected chi connectivity index (χ0v) is 10.3. The molecule has 4 nitrogen and oxygen atoms in total. The summed E-state index contributed by atoms with van der Waals surface area (Å²) in [6, 6.07) is 0.501. The van der Waals surface area contributed by atoms with Crippen molar-refractivity contribution in [3.05, 3.63) is 0 Å². The number of rotatable bonds is 3. The van der Waals surface area contributed by atoms with Crippen LogP contribution in [0.1, 0.15) is 26.7 Å². The number of morpholine rings is 1. The molecule has 0 aromatic rings. The molecule has 4 heteroatoms. The van der Waals surface area contributed by atoms with Gasteiger partial charge in [0.25, 0.3) is 0 Å². The number of urea groups is 1. The molecule has 1 saturated carbocycles. The standard InChI is InChI=1S/C12H22N2O2/c1-10(2)14(9-11-3-4-11)12(15)13-5-7-16-8-6-13/h10-11H,3-9H2,1-2H3. The van der Waals surface area contributed by atoms with E-state index in [9.17, 15) is 4.79 Å². The molecule has 1 heterocycles. The van der Waals surface area contributed by atoms with Gasteiger partial charge in [0.2, 0.25) is 0 Å². The van der Waals surface area contributed by atoms with E-state index in [0.717, 1.165) is 25.6 Å². The summed E-state index contributed by atoms with van der Waals surface area (Å²) in [5, 5.41) is 0. The summed E-state index contributed by atoms with van der Waals surface area (Å²) in [5.41, 5.74) is 0. The van der Waals surface area contributed by atoms with E-state index in [-0.39, 0.29) is 6.03 Å². The van der Waals surface area contributed by atoms with Crippen molar-refractivity contribution < 1.29 is 9.53 Å². The van der Waals surface area contributed by atoms with E-state index in [1.54, 1.807) is 0 Å². The van der Waals surface area contributed by atoms with Crippen LogP contribution in [-0.2, 0) is 4.74 Å². The van der Waals surface area contributed by atoms with Gasteiger partial charge in [0.1, 0.15) is 0 Å². The summed E-state index contributed by atoms with van der Waals surface area (Å²) < 4.78 is 5.27. The van der Waals surface area contributed by atoms with Crippen LogP contribution in [0.5, 0.6) is 0 Å². The third-order valence-electron chi connectivity index (χ3n) is 3.30. The lowest BCUT2D eigenvalue weighted by Gasteiger charge is -2.35. The van der Waals surface area contributed by atoms with Crippen LogP contribution >= 0.6 is 0 Å². The summed E-state index contributed by atoms with van der Waals surface area (Å²) in [5.74, 6) is 0.757. The van der Waals surface area contributed by atoms with Crippen LogP contribution in [0.4, 0.5) is 4.79 Å². The summed E-state index contributed by atoms with van der Waals surface area (Å²) in [6.45, 7) is 7.98. The first-order valence-corrected chi connectivity index (χ1v) is 6.32. The Morgan fingerprint density at radius 2 is 2.00 bits per heavy atom. The average molecular weight is 226 g/mol. The van der Waals surface area contributed by atoms with Crippen molar-refractivity contribution >= 4 is 6.03 Å². The molecule has 2 aliphatic rings. The third kappa shape index (κ3) is 2.88. The SMILES string of the molecule is CC(C)N(CC1CC1)C(=O)N1CCOCC1. The van der Waals surface area contributed by atoms with E-state index in [2.05, 4.69) is 13.8 Å². The highest BCUT2D eigenvalue weighted by molar-refractivity contribution is 5.75. The number of carbonyl (C=O) groups excluding carboxylic acids is 1. The number of amides is 2. The predicted octanol–water partition coefficient (Wildman–Crippen LogP) is 1.56. The van der Waals surface area contributed by atoms with E-state index in [1.807, 2.05) is 9.80 Å². The van der Waals surface area contributed by atoms with Crippen LogP contribution < -0.4 is 0 Å². The molecule has 0 unspecified atom stereocenters. The maximum Gasteiger partial charge on any atom is 0.320 e. The minimum atomic E-state index is 0.199. The first-order valence-electron chi connectivity index (χ1n) is 6.32. The third-order valence-corrected chi connectivity index (χ3v) is 3.30. The van der Waals surface area contributed by atoms with Crippen molar-refractivity contribution in [3.8, 4) is 0 Å². The van der Waals surface area contributed by atoms with Gasteiger partial charge in [0.05, 0.1) is 13.2 Å². The Bertz CT molecular complexity index is 245. The maximum absolute atomic E-state index is 12.3. The number of hydrogen-bond acceptors (Lipinski definition) is 2. The van der Waals surface area contributed by atoms with E-state index in [4.69, 9.17) is 4.74 Å². The van der Waals surface area contributed by atoms with E-state index >= 15 is 0 Å². The van der Waals surface area contributed by atoms with Gasteiger partial charge in [-0.2, -0.15) is 0 Å². The Labute approximate surface area is 97.5 Å². The molecule has 2 amide bonds. The van der Waals surface area contributed by atoms with Crippen LogP contribution in [0.2, 0.25) is 0 Å². The molecule has 1 saturated heterocycles. The van der Waals surface area contributed by atoms with Gasteiger partial charge in [0, 0.05) is 25.7 Å². The molecule has 1 aliphatic carbocycles. The molecule has 0 aromatic heterocycles. The van der Waals surface area contributed by atoms with E-state index in [1.165, 1.54) is 12.8 Å². The van der Waals surface area contributed by atoms with Gasteiger partial charge in [-0.25, -0.2) is 4.79 Å². The van der Waals surface area contributed by atoms with E-state index < -0.39 is 0 Å². The summed E-state index contributed by atoms with van der Waals surface area (Å²) in [6.07, 6.45) is 2.58. The van der Waals surface area contributed by atoms with Crippen LogP contribution in [0.25, 0.3) is 0 Å². The molecule has 2 rings (SSSR count). The second-order valence-corrected chi connectivity index (χ2v) is 5.07. The van der Waals surface area contributed by atoms with Gasteiger partial charge < -0.3 is 14.5 Å². The normalized spacial score (nSPS) is 21.3. The lowest BCUT2D eigenvalue weighted by atomic mass is 10.3. The minimum absolute atomic E-state index is 0.199. The highest BCUT2D eigenvalue weighted by atomic mass is 16.5. The van der Waals surface area contributed by atoms with Crippen molar-refractivity contribution in [1.82, 2.24) is 9.80 Å². The van der Waals surface area contributed by atoms with Crippen molar-refractivity contribution in [2.45, 2.75) is 32.7 Å². The van der Waals surface area contributed by atoms with Gasteiger partial charge in [-0.3, -0.25) is 0 Å². The molecule has 16 heavy (non-hydrogen) atoms. The number of nitrogens with zero attached hydrogens (tertiary/aromatic N) is 2. The van der Waals surface area contributed by atoms with Crippen molar-refractivity contribution in [1.29, 1.82) is 0 Å². The highest BCUT2D eigenvalue weighted by Gasteiger charge is 2.30. The lowest BCUT2D eigenvalue weighted by molar-refractivity contribution is 0.0401. The second kappa shape index (κ2) is 5.04. The number of hydrogen-bond donors (Lipinski definition) is 0. The fourth-order valence-electron chi connectivity index (χ4n) is 2.02. The zero-order chi connectivity index (χ0) is 11.5. The van der Waals surface area contributed by atoms with Crippen molar-refractivity contribution in [3.63, 3.8) is 0 Å². The summed E-state index contributed by atoms with van der Waals surface area (Å²) in [7, 11) is 0. The summed E-state index contributed by atoms with van der Waals surface area (Å²) >= 11 is 0. The van der Waals surface area contributed by atoms with E-state index in [0.29, 0.717) is 19.3 Å². The number of carbonyl (C=O) groups is 1. The Balaban J connectivity index is 1.91. The molecule has 0 aromatic carbocycles. The molecule has 0 N–H and O–H groups in total. The predicted molar refractivity (Wildman–Crippen MR) is 62.4 cm³/mol. The molecule has 0 spiro atoms. The molecule has 2 fully saturated rings. The van der Waals surface area contributed by atoms with Crippen LogP contribution in [-0.4, -0.2) is 54.7 Å². The Morgan fingerprint density at radius 3 is 2.50 bits per heavy atom. The second-order valence-electron chi connectivity index (χ2n) is 5.07. The Morgan fingerprint density at radius 1 is 1.38 bits per heavy atom. The molecule has 0 radical (unpaired) electrons. The van der Waals surface area contributed by atoms with Gasteiger partial charge >= 0.3 is 6.03 Å². The topological polar surface area (TPSA) is 32.8 Å². The Kier molecular flexibility index (Phi) is 3.69. The van der Waals surface area contributed by atoms with Gasteiger partial charge in [-0.05, 0) is 32.6 Å². The fraction of sp³-hybridized carbons (Fsp3) is 0.917. The van der Waals surface area contributed by atoms with Crippen LogP contribution in [0, 0.1) is 5.92 Å². The molecule has 0 bridgehead atoms. The summed E-state index contributed by atoms with van der Waals surface area (Å²) in [4.78, 5) is 16.2. The van der Waals surface area contributed by atoms with Gasteiger partial charge in [-0.1, -0.05) is 0 Å². The van der Waals surface area contributed by atoms with Crippen LogP contribution in [0.15, 0.2) is 0 Å².